The molecule has 2 aromatic carbocycles. The van der Waals surface area contributed by atoms with E-state index >= 15 is 0 Å². The zero-order valence-electron chi connectivity index (χ0n) is 14.6. The lowest BCUT2D eigenvalue weighted by atomic mass is 10.2. The average molecular weight is 341 g/mol. The first kappa shape index (κ1) is 18.3. The van der Waals surface area contributed by atoms with E-state index in [1.165, 1.54) is 6.92 Å². The van der Waals surface area contributed by atoms with Gasteiger partial charge in [0.25, 0.3) is 0 Å². The summed E-state index contributed by atoms with van der Waals surface area (Å²) in [4.78, 5) is 23.4. The first-order valence-electron chi connectivity index (χ1n) is 8.03. The van der Waals surface area contributed by atoms with Crippen LogP contribution in [0.4, 0.5) is 11.4 Å². The summed E-state index contributed by atoms with van der Waals surface area (Å²) in [6, 6.07) is 14.4. The lowest BCUT2D eigenvalue weighted by Crippen LogP contribution is -2.37. The number of ether oxygens (including phenoxy) is 1. The normalized spacial score (nSPS) is 11.3. The predicted molar refractivity (Wildman–Crippen MR) is 98.7 cm³/mol. The molecule has 0 saturated heterocycles. The highest BCUT2D eigenvalue weighted by Gasteiger charge is 2.12. The van der Waals surface area contributed by atoms with E-state index in [9.17, 15) is 9.59 Å². The van der Waals surface area contributed by atoms with Crippen molar-refractivity contribution < 1.29 is 14.3 Å². The molecule has 0 bridgehead atoms. The Kier molecular flexibility index (Phi) is 6.39. The van der Waals surface area contributed by atoms with Crippen LogP contribution < -0.4 is 20.7 Å². The molecule has 132 valence electrons. The predicted octanol–water partition coefficient (Wildman–Crippen LogP) is 2.77. The van der Waals surface area contributed by atoms with Gasteiger partial charge in [-0.15, -0.1) is 0 Å². The number of hydrogen-bond donors (Lipinski definition) is 3. The van der Waals surface area contributed by atoms with E-state index in [1.807, 2.05) is 36.4 Å². The molecule has 0 heterocycles. The van der Waals surface area contributed by atoms with Crippen LogP contribution in [0.5, 0.6) is 5.75 Å². The highest BCUT2D eigenvalue weighted by molar-refractivity contribution is 5.89. The second-order valence-electron chi connectivity index (χ2n) is 5.69. The number of carbonyl (C=O) groups excluding carboxylic acids is 2. The van der Waals surface area contributed by atoms with Crippen molar-refractivity contribution in [2.45, 2.75) is 26.4 Å². The van der Waals surface area contributed by atoms with E-state index in [2.05, 4.69) is 16.0 Å². The number of amides is 2. The Labute approximate surface area is 147 Å². The molecular formula is C19H23N3O3. The molecular weight excluding hydrogens is 318 g/mol. The topological polar surface area (TPSA) is 79.5 Å². The third kappa shape index (κ3) is 5.84. The number of anilines is 2. The van der Waals surface area contributed by atoms with Gasteiger partial charge in [0.2, 0.25) is 11.8 Å². The second-order valence-corrected chi connectivity index (χ2v) is 5.69. The fourth-order valence-electron chi connectivity index (χ4n) is 2.29. The number of benzene rings is 2. The summed E-state index contributed by atoms with van der Waals surface area (Å²) in [6.45, 7) is 3.69. The van der Waals surface area contributed by atoms with Crippen molar-refractivity contribution >= 4 is 23.2 Å². The Hall–Kier alpha value is -3.02. The maximum Gasteiger partial charge on any atom is 0.242 e. The summed E-state index contributed by atoms with van der Waals surface area (Å²) in [5.41, 5.74) is 2.44. The van der Waals surface area contributed by atoms with Gasteiger partial charge in [-0.2, -0.15) is 0 Å². The minimum atomic E-state index is -0.411. The molecule has 25 heavy (non-hydrogen) atoms. The molecule has 0 fully saturated rings. The van der Waals surface area contributed by atoms with Crippen molar-refractivity contribution in [1.82, 2.24) is 5.32 Å². The van der Waals surface area contributed by atoms with Crippen LogP contribution in [0.15, 0.2) is 48.5 Å². The van der Waals surface area contributed by atoms with Crippen molar-refractivity contribution in [2.24, 2.45) is 0 Å². The molecule has 2 aromatic rings. The van der Waals surface area contributed by atoms with Gasteiger partial charge in [0, 0.05) is 24.8 Å². The Morgan fingerprint density at radius 3 is 2.40 bits per heavy atom. The van der Waals surface area contributed by atoms with Crippen molar-refractivity contribution in [3.8, 4) is 5.75 Å². The molecule has 1 atom stereocenters. The number of nitrogens with one attached hydrogen (secondary N) is 3. The highest BCUT2D eigenvalue weighted by atomic mass is 16.5. The molecule has 6 heteroatoms. The molecule has 0 aromatic heterocycles. The average Bonchev–Trinajstić information content (AvgIpc) is 2.59. The minimum Gasteiger partial charge on any atom is -0.497 e. The van der Waals surface area contributed by atoms with Crippen LogP contribution in [0, 0.1) is 0 Å². The third-order valence-electron chi connectivity index (χ3n) is 3.59. The van der Waals surface area contributed by atoms with Gasteiger partial charge in [-0.3, -0.25) is 9.59 Å². The molecule has 2 amide bonds. The monoisotopic (exact) mass is 341 g/mol. The molecule has 3 N–H and O–H groups in total. The van der Waals surface area contributed by atoms with Gasteiger partial charge in [0.15, 0.2) is 0 Å². The van der Waals surface area contributed by atoms with Gasteiger partial charge < -0.3 is 20.7 Å². The third-order valence-corrected chi connectivity index (χ3v) is 3.59. The van der Waals surface area contributed by atoms with Crippen LogP contribution >= 0.6 is 0 Å². The number of rotatable bonds is 7. The van der Waals surface area contributed by atoms with E-state index in [4.69, 9.17) is 4.74 Å². The zero-order chi connectivity index (χ0) is 18.2. The maximum absolute atomic E-state index is 12.2. The summed E-state index contributed by atoms with van der Waals surface area (Å²) in [5.74, 6) is 0.535. The lowest BCUT2D eigenvalue weighted by molar-refractivity contribution is -0.121. The van der Waals surface area contributed by atoms with Gasteiger partial charge in [-0.25, -0.2) is 0 Å². The van der Waals surface area contributed by atoms with Crippen LogP contribution in [-0.2, 0) is 16.1 Å². The van der Waals surface area contributed by atoms with E-state index < -0.39 is 6.04 Å². The van der Waals surface area contributed by atoms with Crippen molar-refractivity contribution in [3.05, 3.63) is 54.1 Å². The maximum atomic E-state index is 12.2. The first-order valence-corrected chi connectivity index (χ1v) is 8.03. The van der Waals surface area contributed by atoms with E-state index in [1.54, 1.807) is 26.2 Å². The second kappa shape index (κ2) is 8.73. The molecule has 0 saturated carbocycles. The van der Waals surface area contributed by atoms with Gasteiger partial charge in [0.05, 0.1) is 7.11 Å². The minimum absolute atomic E-state index is 0.110. The van der Waals surface area contributed by atoms with Gasteiger partial charge >= 0.3 is 0 Å². The van der Waals surface area contributed by atoms with Crippen LogP contribution in [-0.4, -0.2) is 25.0 Å². The summed E-state index contributed by atoms with van der Waals surface area (Å²) < 4.78 is 5.11. The molecule has 0 spiro atoms. The standard InChI is InChI=1S/C19H23N3O3/c1-13(21-16-5-4-6-17(11-16)22-14(2)23)19(24)20-12-15-7-9-18(25-3)10-8-15/h4-11,13,21H,12H2,1-3H3,(H,20,24)(H,22,23)/t13-/m1/s1. The fourth-order valence-corrected chi connectivity index (χ4v) is 2.29. The van der Waals surface area contributed by atoms with Gasteiger partial charge in [0.1, 0.15) is 11.8 Å². The Morgan fingerprint density at radius 2 is 1.76 bits per heavy atom. The smallest absolute Gasteiger partial charge is 0.242 e. The molecule has 0 aliphatic heterocycles. The summed E-state index contributed by atoms with van der Waals surface area (Å²) >= 11 is 0. The first-order chi connectivity index (χ1) is 12.0. The number of carbonyl (C=O) groups is 2. The molecule has 6 nitrogen and oxygen atoms in total. The quantitative estimate of drug-likeness (QED) is 0.723. The van der Waals surface area contributed by atoms with Crippen molar-refractivity contribution in [1.29, 1.82) is 0 Å². The lowest BCUT2D eigenvalue weighted by Gasteiger charge is -2.16. The largest absolute Gasteiger partial charge is 0.497 e. The summed E-state index contributed by atoms with van der Waals surface area (Å²) in [7, 11) is 1.62. The van der Waals surface area contributed by atoms with Gasteiger partial charge in [-0.1, -0.05) is 18.2 Å². The van der Waals surface area contributed by atoms with Crippen molar-refractivity contribution in [3.63, 3.8) is 0 Å². The fraction of sp³-hybridized carbons (Fsp3) is 0.263. The molecule has 0 aliphatic carbocycles. The Morgan fingerprint density at radius 1 is 1.08 bits per heavy atom. The van der Waals surface area contributed by atoms with Crippen LogP contribution in [0.3, 0.4) is 0 Å². The molecule has 2 rings (SSSR count). The molecule has 0 aliphatic rings. The summed E-state index contributed by atoms with van der Waals surface area (Å²) in [6.07, 6.45) is 0. The SMILES string of the molecule is COc1ccc(CNC(=O)[C@@H](C)Nc2cccc(NC(C)=O)c2)cc1. The van der Waals surface area contributed by atoms with Crippen LogP contribution in [0.2, 0.25) is 0 Å². The number of methoxy groups -OCH3 is 1. The Balaban J connectivity index is 1.88. The van der Waals surface area contributed by atoms with Crippen LogP contribution in [0.25, 0.3) is 0 Å². The van der Waals surface area contributed by atoms with E-state index in [-0.39, 0.29) is 11.8 Å². The zero-order valence-corrected chi connectivity index (χ0v) is 14.6. The molecule has 0 radical (unpaired) electrons. The van der Waals surface area contributed by atoms with Gasteiger partial charge in [-0.05, 0) is 42.8 Å². The molecule has 0 unspecified atom stereocenters. The number of hydrogen-bond acceptors (Lipinski definition) is 4. The van der Waals surface area contributed by atoms with E-state index in [0.717, 1.165) is 17.0 Å². The Bertz CT molecular complexity index is 729. The van der Waals surface area contributed by atoms with Crippen molar-refractivity contribution in [2.75, 3.05) is 17.7 Å². The van der Waals surface area contributed by atoms with E-state index in [0.29, 0.717) is 12.2 Å². The van der Waals surface area contributed by atoms with Crippen LogP contribution in [0.1, 0.15) is 19.4 Å². The highest BCUT2D eigenvalue weighted by Crippen LogP contribution is 2.16. The summed E-state index contributed by atoms with van der Waals surface area (Å²) in [5, 5.41) is 8.73.